The van der Waals surface area contributed by atoms with E-state index in [0.29, 0.717) is 12.2 Å². The number of anilines is 1. The fourth-order valence-corrected chi connectivity index (χ4v) is 3.70. The Morgan fingerprint density at radius 1 is 1.11 bits per heavy atom. The average molecular weight is 381 g/mol. The van der Waals surface area contributed by atoms with Crippen LogP contribution in [0.5, 0.6) is 0 Å². The first-order valence-electron chi connectivity index (χ1n) is 9.15. The Bertz CT molecular complexity index is 892. The van der Waals surface area contributed by atoms with Crippen molar-refractivity contribution in [3.8, 4) is 11.4 Å². The van der Waals surface area contributed by atoms with E-state index >= 15 is 0 Å². The van der Waals surface area contributed by atoms with Gasteiger partial charge in [0.1, 0.15) is 0 Å². The van der Waals surface area contributed by atoms with Gasteiger partial charge in [0.2, 0.25) is 5.91 Å². The molecule has 1 aromatic heterocycles. The molecule has 2 aromatic carbocycles. The highest BCUT2D eigenvalue weighted by Gasteiger charge is 2.14. The van der Waals surface area contributed by atoms with Crippen LogP contribution in [0.25, 0.3) is 11.4 Å². The van der Waals surface area contributed by atoms with Crippen molar-refractivity contribution in [1.82, 2.24) is 14.8 Å². The van der Waals surface area contributed by atoms with E-state index in [-0.39, 0.29) is 5.91 Å². The van der Waals surface area contributed by atoms with Gasteiger partial charge < -0.3 is 9.88 Å². The molecule has 27 heavy (non-hydrogen) atoms. The lowest BCUT2D eigenvalue weighted by atomic mass is 10.1. The summed E-state index contributed by atoms with van der Waals surface area (Å²) in [5.41, 5.74) is 3.10. The van der Waals surface area contributed by atoms with E-state index in [1.165, 1.54) is 5.56 Å². The summed E-state index contributed by atoms with van der Waals surface area (Å²) in [6, 6.07) is 17.8. The normalized spacial score (nSPS) is 10.7. The summed E-state index contributed by atoms with van der Waals surface area (Å²) in [5, 5.41) is 12.5. The highest BCUT2D eigenvalue weighted by atomic mass is 32.2. The van der Waals surface area contributed by atoms with Crippen LogP contribution in [0.3, 0.4) is 0 Å². The number of carbonyl (C=O) groups is 1. The van der Waals surface area contributed by atoms with E-state index in [0.717, 1.165) is 35.2 Å². The highest BCUT2D eigenvalue weighted by molar-refractivity contribution is 7.99. The SMILES string of the molecule is CCCn1c(SCCC(=O)Nc2ccccc2)nnc1-c1cccc(C)c1. The number of nitrogens with one attached hydrogen (secondary N) is 1. The average Bonchev–Trinajstić information content (AvgIpc) is 3.06. The van der Waals surface area contributed by atoms with Gasteiger partial charge in [-0.15, -0.1) is 10.2 Å². The maximum atomic E-state index is 12.1. The molecule has 0 saturated carbocycles. The van der Waals surface area contributed by atoms with Crippen molar-refractivity contribution in [3.63, 3.8) is 0 Å². The summed E-state index contributed by atoms with van der Waals surface area (Å²) >= 11 is 1.57. The molecule has 5 nitrogen and oxygen atoms in total. The van der Waals surface area contributed by atoms with Gasteiger partial charge in [-0.05, 0) is 31.5 Å². The minimum absolute atomic E-state index is 0.00849. The van der Waals surface area contributed by atoms with Gasteiger partial charge in [-0.25, -0.2) is 0 Å². The van der Waals surface area contributed by atoms with Gasteiger partial charge in [-0.1, -0.05) is 60.6 Å². The van der Waals surface area contributed by atoms with Crippen LogP contribution in [0.1, 0.15) is 25.3 Å². The van der Waals surface area contributed by atoms with Crippen molar-refractivity contribution in [1.29, 1.82) is 0 Å². The van der Waals surface area contributed by atoms with Gasteiger partial charge >= 0.3 is 0 Å². The second-order valence-electron chi connectivity index (χ2n) is 6.34. The quantitative estimate of drug-likeness (QED) is 0.571. The lowest BCUT2D eigenvalue weighted by Crippen LogP contribution is -2.12. The number of amides is 1. The molecule has 1 N–H and O–H groups in total. The summed E-state index contributed by atoms with van der Waals surface area (Å²) < 4.78 is 2.15. The van der Waals surface area contributed by atoms with Crippen LogP contribution >= 0.6 is 11.8 Å². The fraction of sp³-hybridized carbons (Fsp3) is 0.286. The van der Waals surface area contributed by atoms with Gasteiger partial charge in [-0.3, -0.25) is 4.79 Å². The van der Waals surface area contributed by atoms with Crippen LogP contribution < -0.4 is 5.32 Å². The number of hydrogen-bond donors (Lipinski definition) is 1. The van der Waals surface area contributed by atoms with Crippen LogP contribution in [-0.4, -0.2) is 26.4 Å². The Balaban J connectivity index is 1.64. The smallest absolute Gasteiger partial charge is 0.225 e. The van der Waals surface area contributed by atoms with E-state index in [1.807, 2.05) is 36.4 Å². The molecule has 0 saturated heterocycles. The number of para-hydroxylation sites is 1. The van der Waals surface area contributed by atoms with E-state index in [9.17, 15) is 4.79 Å². The molecule has 0 atom stereocenters. The fourth-order valence-electron chi connectivity index (χ4n) is 2.80. The Morgan fingerprint density at radius 3 is 2.67 bits per heavy atom. The Hall–Kier alpha value is -2.60. The summed E-state index contributed by atoms with van der Waals surface area (Å²) in [6.07, 6.45) is 1.43. The van der Waals surface area contributed by atoms with Crippen molar-refractivity contribution in [2.75, 3.05) is 11.1 Å². The first kappa shape index (κ1) is 19.2. The molecule has 1 heterocycles. The van der Waals surface area contributed by atoms with E-state index in [2.05, 4.69) is 52.1 Å². The number of rotatable bonds is 8. The van der Waals surface area contributed by atoms with Gasteiger partial charge in [0.15, 0.2) is 11.0 Å². The molecule has 3 rings (SSSR count). The summed E-state index contributed by atoms with van der Waals surface area (Å²) in [7, 11) is 0. The van der Waals surface area contributed by atoms with E-state index in [4.69, 9.17) is 0 Å². The summed E-state index contributed by atoms with van der Waals surface area (Å²) in [4.78, 5) is 12.1. The Morgan fingerprint density at radius 2 is 1.93 bits per heavy atom. The zero-order valence-electron chi connectivity index (χ0n) is 15.7. The number of hydrogen-bond acceptors (Lipinski definition) is 4. The van der Waals surface area contributed by atoms with Gasteiger partial charge in [0, 0.05) is 30.0 Å². The first-order valence-corrected chi connectivity index (χ1v) is 10.1. The van der Waals surface area contributed by atoms with Crippen LogP contribution in [0.15, 0.2) is 59.8 Å². The number of thioether (sulfide) groups is 1. The van der Waals surface area contributed by atoms with Crippen LogP contribution in [0, 0.1) is 6.92 Å². The standard InChI is InChI=1S/C21H24N4OS/c1-3-13-25-20(17-9-7-8-16(2)15-17)23-24-21(25)27-14-12-19(26)22-18-10-5-4-6-11-18/h4-11,15H,3,12-14H2,1-2H3,(H,22,26). The summed E-state index contributed by atoms with van der Waals surface area (Å²) in [5.74, 6) is 1.56. The Labute approximate surface area is 164 Å². The van der Waals surface area contributed by atoms with Crippen molar-refractivity contribution in [2.45, 2.75) is 38.4 Å². The van der Waals surface area contributed by atoms with Crippen molar-refractivity contribution >= 4 is 23.4 Å². The molecule has 0 unspecified atom stereocenters. The maximum Gasteiger partial charge on any atom is 0.225 e. The molecule has 1 amide bonds. The van der Waals surface area contributed by atoms with Gasteiger partial charge in [0.05, 0.1) is 0 Å². The molecule has 140 valence electrons. The molecule has 0 aliphatic carbocycles. The van der Waals surface area contributed by atoms with Gasteiger partial charge in [-0.2, -0.15) is 0 Å². The third-order valence-corrected chi connectivity index (χ3v) is 5.03. The van der Waals surface area contributed by atoms with Crippen molar-refractivity contribution in [3.05, 3.63) is 60.2 Å². The molecular formula is C21H24N4OS. The first-order chi connectivity index (χ1) is 13.2. The zero-order chi connectivity index (χ0) is 19.1. The van der Waals surface area contributed by atoms with Crippen LogP contribution in [0.2, 0.25) is 0 Å². The minimum Gasteiger partial charge on any atom is -0.326 e. The number of nitrogens with zero attached hydrogens (tertiary/aromatic N) is 3. The molecule has 3 aromatic rings. The monoisotopic (exact) mass is 380 g/mol. The van der Waals surface area contributed by atoms with Crippen LogP contribution in [0.4, 0.5) is 5.69 Å². The van der Waals surface area contributed by atoms with E-state index < -0.39 is 0 Å². The second-order valence-corrected chi connectivity index (χ2v) is 7.40. The molecule has 0 radical (unpaired) electrons. The number of aromatic nitrogens is 3. The minimum atomic E-state index is 0.00849. The van der Waals surface area contributed by atoms with E-state index in [1.54, 1.807) is 11.8 Å². The highest BCUT2D eigenvalue weighted by Crippen LogP contribution is 2.25. The van der Waals surface area contributed by atoms with Crippen LogP contribution in [-0.2, 0) is 11.3 Å². The Kier molecular flexibility index (Phi) is 6.65. The van der Waals surface area contributed by atoms with Crippen molar-refractivity contribution in [2.24, 2.45) is 0 Å². The van der Waals surface area contributed by atoms with Gasteiger partial charge in [0.25, 0.3) is 0 Å². The lowest BCUT2D eigenvalue weighted by molar-refractivity contribution is -0.115. The second kappa shape index (κ2) is 9.37. The molecular weight excluding hydrogens is 356 g/mol. The predicted molar refractivity (Wildman–Crippen MR) is 111 cm³/mol. The summed E-state index contributed by atoms with van der Waals surface area (Å²) in [6.45, 7) is 5.07. The van der Waals surface area contributed by atoms with Crippen molar-refractivity contribution < 1.29 is 4.79 Å². The molecule has 0 aliphatic rings. The lowest BCUT2D eigenvalue weighted by Gasteiger charge is -2.09. The zero-order valence-corrected chi connectivity index (χ0v) is 16.5. The number of benzene rings is 2. The molecule has 0 fully saturated rings. The largest absolute Gasteiger partial charge is 0.326 e. The molecule has 6 heteroatoms. The molecule has 0 spiro atoms. The third-order valence-electron chi connectivity index (χ3n) is 4.06. The topological polar surface area (TPSA) is 59.8 Å². The third kappa shape index (κ3) is 5.20. The molecule has 0 bridgehead atoms. The maximum absolute atomic E-state index is 12.1. The predicted octanol–water partition coefficient (Wildman–Crippen LogP) is 4.78. The number of carbonyl (C=O) groups excluding carboxylic acids is 1. The molecule has 0 aliphatic heterocycles. The number of aryl methyl sites for hydroxylation is 1.